The van der Waals surface area contributed by atoms with E-state index in [0.717, 1.165) is 29.9 Å². The van der Waals surface area contributed by atoms with Gasteiger partial charge in [0.25, 0.3) is 0 Å². The van der Waals surface area contributed by atoms with E-state index in [2.05, 4.69) is 23.1 Å². The summed E-state index contributed by atoms with van der Waals surface area (Å²) in [4.78, 5) is 21.5. The van der Waals surface area contributed by atoms with E-state index in [4.69, 9.17) is 10.8 Å². The third kappa shape index (κ3) is 3.43. The third-order valence-corrected chi connectivity index (χ3v) is 5.84. The molecule has 5 rings (SSSR count). The lowest BCUT2D eigenvalue weighted by Gasteiger charge is -2.36. The Balaban J connectivity index is 1.28. The predicted octanol–water partition coefficient (Wildman–Crippen LogP) is 2.24. The van der Waals surface area contributed by atoms with E-state index in [0.29, 0.717) is 36.2 Å². The monoisotopic (exact) mass is 406 g/mol. The van der Waals surface area contributed by atoms with Gasteiger partial charge in [-0.2, -0.15) is 5.10 Å². The van der Waals surface area contributed by atoms with Crippen molar-refractivity contribution in [3.8, 4) is 11.3 Å². The summed E-state index contributed by atoms with van der Waals surface area (Å²) in [5.74, 6) is -0.331. The zero-order valence-corrected chi connectivity index (χ0v) is 16.8. The molecule has 2 aliphatic rings. The highest BCUT2D eigenvalue weighted by atomic mass is 19.1. The summed E-state index contributed by atoms with van der Waals surface area (Å²) in [7, 11) is 2.10. The van der Waals surface area contributed by atoms with Crippen molar-refractivity contribution in [1.82, 2.24) is 24.6 Å². The van der Waals surface area contributed by atoms with Crippen molar-refractivity contribution in [2.75, 3.05) is 25.9 Å². The van der Waals surface area contributed by atoms with Crippen molar-refractivity contribution in [2.45, 2.75) is 25.6 Å². The number of nitrogens with two attached hydrogens (primary N) is 1. The molecule has 30 heavy (non-hydrogen) atoms. The maximum atomic E-state index is 13.2. The molecule has 0 saturated carbocycles. The number of carbonyl (C=O) groups excluding carboxylic acids is 1. The SMILES string of the molecule is CN1CC(n2cc3c(n2)CN(C(=O)Cc2nc(-c4ccc(F)cc4)ccc2N)C3)C1. The molecule has 2 N–H and O–H groups in total. The van der Waals surface area contributed by atoms with Crippen molar-refractivity contribution in [2.24, 2.45) is 0 Å². The summed E-state index contributed by atoms with van der Waals surface area (Å²) in [5.41, 5.74) is 10.6. The standard InChI is InChI=1S/C22H23FN6O/c1-27-11-17(12-27)29-10-15-9-28(13-21(15)26-29)22(30)8-20-18(24)6-7-19(25-20)14-2-4-16(23)5-3-14/h2-7,10,17H,8-9,11-13,24H2,1H3. The highest BCUT2D eigenvalue weighted by Crippen LogP contribution is 2.27. The Labute approximate surface area is 173 Å². The van der Waals surface area contributed by atoms with Crippen LogP contribution in [0.25, 0.3) is 11.3 Å². The second-order valence-corrected chi connectivity index (χ2v) is 8.12. The Morgan fingerprint density at radius 3 is 2.63 bits per heavy atom. The second-order valence-electron chi connectivity index (χ2n) is 8.12. The van der Waals surface area contributed by atoms with Gasteiger partial charge < -0.3 is 15.5 Å². The number of nitrogens with zero attached hydrogens (tertiary/aromatic N) is 5. The summed E-state index contributed by atoms with van der Waals surface area (Å²) >= 11 is 0. The van der Waals surface area contributed by atoms with E-state index >= 15 is 0 Å². The Kier molecular flexibility index (Phi) is 4.51. The number of rotatable bonds is 4. The summed E-state index contributed by atoms with van der Waals surface area (Å²) < 4.78 is 15.2. The van der Waals surface area contributed by atoms with Crippen LogP contribution in [0.1, 0.15) is 23.0 Å². The molecule has 1 amide bonds. The molecule has 1 aromatic carbocycles. The maximum Gasteiger partial charge on any atom is 0.229 e. The van der Waals surface area contributed by atoms with E-state index < -0.39 is 0 Å². The van der Waals surface area contributed by atoms with Gasteiger partial charge in [0.2, 0.25) is 5.91 Å². The van der Waals surface area contributed by atoms with E-state index in [1.807, 2.05) is 4.68 Å². The van der Waals surface area contributed by atoms with Crippen molar-refractivity contribution < 1.29 is 9.18 Å². The fraction of sp³-hybridized carbons (Fsp3) is 0.318. The number of carbonyl (C=O) groups is 1. The zero-order valence-electron chi connectivity index (χ0n) is 16.8. The normalized spacial score (nSPS) is 16.5. The first-order chi connectivity index (χ1) is 14.5. The number of hydrogen-bond acceptors (Lipinski definition) is 5. The molecule has 1 fully saturated rings. The number of hydrogen-bond donors (Lipinski definition) is 1. The highest BCUT2D eigenvalue weighted by Gasteiger charge is 2.31. The number of halogens is 1. The minimum absolute atomic E-state index is 0.0293. The van der Waals surface area contributed by atoms with Crippen molar-refractivity contribution in [1.29, 1.82) is 0 Å². The van der Waals surface area contributed by atoms with Crippen molar-refractivity contribution in [3.63, 3.8) is 0 Å². The van der Waals surface area contributed by atoms with Crippen LogP contribution < -0.4 is 5.73 Å². The molecule has 1 saturated heterocycles. The Morgan fingerprint density at radius 2 is 1.93 bits per heavy atom. The Hall–Kier alpha value is -3.26. The van der Waals surface area contributed by atoms with Gasteiger partial charge in [0.05, 0.1) is 41.8 Å². The van der Waals surface area contributed by atoms with E-state index in [1.165, 1.54) is 12.1 Å². The fourth-order valence-corrected chi connectivity index (χ4v) is 4.06. The molecule has 0 spiro atoms. The van der Waals surface area contributed by atoms with Gasteiger partial charge in [0.1, 0.15) is 5.82 Å². The van der Waals surface area contributed by atoms with Crippen LogP contribution in [0.5, 0.6) is 0 Å². The molecule has 2 aliphatic heterocycles. The van der Waals surface area contributed by atoms with Crippen LogP contribution in [0, 0.1) is 5.82 Å². The lowest BCUT2D eigenvalue weighted by atomic mass is 10.1. The minimum atomic E-state index is -0.302. The number of nitrogen functional groups attached to an aromatic ring is 1. The van der Waals surface area contributed by atoms with Gasteiger partial charge in [-0.1, -0.05) is 0 Å². The van der Waals surface area contributed by atoms with Gasteiger partial charge >= 0.3 is 0 Å². The quantitative estimate of drug-likeness (QED) is 0.719. The van der Waals surface area contributed by atoms with Crippen LogP contribution in [0.4, 0.5) is 10.1 Å². The van der Waals surface area contributed by atoms with E-state index in [1.54, 1.807) is 29.2 Å². The zero-order chi connectivity index (χ0) is 20.8. The Bertz CT molecular complexity index is 1080. The number of amides is 1. The molecule has 4 heterocycles. The molecular formula is C22H23FN6O. The molecule has 0 aliphatic carbocycles. The number of benzene rings is 1. The molecule has 2 aromatic heterocycles. The fourth-order valence-electron chi connectivity index (χ4n) is 4.06. The smallest absolute Gasteiger partial charge is 0.229 e. The molecule has 3 aromatic rings. The largest absolute Gasteiger partial charge is 0.397 e. The maximum absolute atomic E-state index is 13.2. The molecule has 154 valence electrons. The topological polar surface area (TPSA) is 80.3 Å². The van der Waals surface area contributed by atoms with Crippen LogP contribution in [0.3, 0.4) is 0 Å². The predicted molar refractivity (Wildman–Crippen MR) is 111 cm³/mol. The molecule has 0 unspecified atom stereocenters. The number of likely N-dealkylation sites (N-methyl/N-ethyl adjacent to an activating group) is 1. The van der Waals surface area contributed by atoms with Crippen LogP contribution >= 0.6 is 0 Å². The highest BCUT2D eigenvalue weighted by molar-refractivity contribution is 5.80. The first-order valence-corrected chi connectivity index (χ1v) is 10.0. The van der Waals surface area contributed by atoms with Gasteiger partial charge in [-0.25, -0.2) is 4.39 Å². The molecule has 0 atom stereocenters. The summed E-state index contributed by atoms with van der Waals surface area (Å²) in [5, 5.41) is 4.69. The van der Waals surface area contributed by atoms with Crippen LogP contribution in [0.15, 0.2) is 42.6 Å². The van der Waals surface area contributed by atoms with E-state index in [9.17, 15) is 9.18 Å². The van der Waals surface area contributed by atoms with Gasteiger partial charge in [0.15, 0.2) is 0 Å². The lowest BCUT2D eigenvalue weighted by Crippen LogP contribution is -2.45. The van der Waals surface area contributed by atoms with Crippen LogP contribution in [-0.2, 0) is 24.3 Å². The average Bonchev–Trinajstić information content (AvgIpc) is 3.27. The summed E-state index contributed by atoms with van der Waals surface area (Å²) in [6, 6.07) is 10.1. The first-order valence-electron chi connectivity index (χ1n) is 10.0. The Morgan fingerprint density at radius 1 is 1.17 bits per heavy atom. The van der Waals surface area contributed by atoms with Gasteiger partial charge in [-0.05, 0) is 43.4 Å². The van der Waals surface area contributed by atoms with Gasteiger partial charge in [-0.3, -0.25) is 14.5 Å². The second kappa shape index (κ2) is 7.21. The summed E-state index contributed by atoms with van der Waals surface area (Å²) in [6.45, 7) is 3.10. The van der Waals surface area contributed by atoms with Crippen LogP contribution in [0.2, 0.25) is 0 Å². The number of anilines is 1. The minimum Gasteiger partial charge on any atom is -0.397 e. The lowest BCUT2D eigenvalue weighted by molar-refractivity contribution is -0.131. The van der Waals surface area contributed by atoms with Gasteiger partial charge in [-0.15, -0.1) is 0 Å². The van der Waals surface area contributed by atoms with Crippen molar-refractivity contribution in [3.05, 3.63) is 65.4 Å². The summed E-state index contributed by atoms with van der Waals surface area (Å²) in [6.07, 6.45) is 2.20. The number of pyridine rings is 1. The molecule has 8 heteroatoms. The third-order valence-electron chi connectivity index (χ3n) is 5.84. The van der Waals surface area contributed by atoms with E-state index in [-0.39, 0.29) is 18.1 Å². The van der Waals surface area contributed by atoms with Gasteiger partial charge in [0, 0.05) is 37.0 Å². The average molecular weight is 406 g/mol. The molecule has 7 nitrogen and oxygen atoms in total. The molecule has 0 bridgehead atoms. The number of likely N-dealkylation sites (tertiary alicyclic amines) is 1. The first kappa shape index (κ1) is 18.7. The van der Waals surface area contributed by atoms with Crippen molar-refractivity contribution >= 4 is 11.6 Å². The molecule has 0 radical (unpaired) electrons. The number of fused-ring (bicyclic) bond motifs is 1. The molecular weight excluding hydrogens is 383 g/mol. The number of aromatic nitrogens is 3. The van der Waals surface area contributed by atoms with Crippen LogP contribution in [-0.4, -0.2) is 50.6 Å².